The van der Waals surface area contributed by atoms with Crippen molar-refractivity contribution in [2.24, 2.45) is 16.3 Å². The lowest BCUT2D eigenvalue weighted by Gasteiger charge is -2.47. The molecule has 1 fully saturated rings. The zero-order chi connectivity index (χ0) is 31.5. The van der Waals surface area contributed by atoms with Crippen LogP contribution in [-0.4, -0.2) is 48.7 Å². The van der Waals surface area contributed by atoms with Crippen molar-refractivity contribution in [3.63, 3.8) is 0 Å². The summed E-state index contributed by atoms with van der Waals surface area (Å²) in [5.41, 5.74) is 2.10. The molecule has 1 atom stereocenters. The number of benzene rings is 2. The summed E-state index contributed by atoms with van der Waals surface area (Å²) in [4.78, 5) is 34.7. The number of halogens is 2. The third-order valence-corrected chi connectivity index (χ3v) is 9.52. The third-order valence-electron chi connectivity index (χ3n) is 9.08. The Bertz CT molecular complexity index is 1470. The first-order valence-corrected chi connectivity index (χ1v) is 16.3. The van der Waals surface area contributed by atoms with E-state index in [0.717, 1.165) is 56.9 Å². The van der Waals surface area contributed by atoms with Gasteiger partial charge in [0.15, 0.2) is 5.82 Å². The van der Waals surface area contributed by atoms with Gasteiger partial charge in [-0.2, -0.15) is 5.21 Å². The Kier molecular flexibility index (Phi) is 9.75. The van der Waals surface area contributed by atoms with Crippen molar-refractivity contribution in [3.8, 4) is 0 Å². The largest absolute Gasteiger partial charge is 0.345 e. The SMILES string of the molecule is CCCCCC(c1ccc(C(=O)NCc2nn[nH]n2)cc1)N1C(=O)C(c2cc(Cl)cc(Cl)c2)=NC12CCC(C(C)(C)C)CC2. The summed E-state index contributed by atoms with van der Waals surface area (Å²) in [5.74, 6) is 0.623. The Hall–Kier alpha value is -3.30. The molecule has 11 heteroatoms. The van der Waals surface area contributed by atoms with E-state index in [9.17, 15) is 9.59 Å². The van der Waals surface area contributed by atoms with Crippen LogP contribution in [0.2, 0.25) is 10.0 Å². The molecule has 2 N–H and O–H groups in total. The van der Waals surface area contributed by atoms with Gasteiger partial charge in [0, 0.05) is 21.2 Å². The van der Waals surface area contributed by atoms with E-state index in [1.807, 2.05) is 24.3 Å². The first-order chi connectivity index (χ1) is 21.0. The molecule has 1 unspecified atom stereocenters. The molecule has 234 valence electrons. The van der Waals surface area contributed by atoms with Crippen molar-refractivity contribution < 1.29 is 9.59 Å². The van der Waals surface area contributed by atoms with Crippen LogP contribution in [0, 0.1) is 11.3 Å². The number of nitrogens with zero attached hydrogens (tertiary/aromatic N) is 5. The number of hydrogen-bond acceptors (Lipinski definition) is 6. The van der Waals surface area contributed by atoms with Crippen molar-refractivity contribution in [2.75, 3.05) is 0 Å². The first-order valence-electron chi connectivity index (χ1n) is 15.5. The molecule has 44 heavy (non-hydrogen) atoms. The zero-order valence-corrected chi connectivity index (χ0v) is 27.4. The number of unbranched alkanes of at least 4 members (excludes halogenated alkanes) is 2. The number of aliphatic imine (C=N–C) groups is 1. The first kappa shape index (κ1) is 32.1. The number of amides is 2. The highest BCUT2D eigenvalue weighted by Crippen LogP contribution is 2.50. The molecule has 9 nitrogen and oxygen atoms in total. The van der Waals surface area contributed by atoms with Crippen LogP contribution in [0.4, 0.5) is 0 Å². The Morgan fingerprint density at radius 1 is 1.09 bits per heavy atom. The number of rotatable bonds is 10. The number of nitrogens with one attached hydrogen (secondary N) is 2. The summed E-state index contributed by atoms with van der Waals surface area (Å²) in [6.07, 6.45) is 7.46. The van der Waals surface area contributed by atoms with Gasteiger partial charge in [-0.3, -0.25) is 14.6 Å². The van der Waals surface area contributed by atoms with Crippen LogP contribution in [0.25, 0.3) is 0 Å². The van der Waals surface area contributed by atoms with Gasteiger partial charge in [-0.05, 0) is 79.3 Å². The van der Waals surface area contributed by atoms with E-state index in [4.69, 9.17) is 28.2 Å². The molecule has 1 saturated carbocycles. The molecule has 0 radical (unpaired) electrons. The maximum atomic E-state index is 14.5. The Balaban J connectivity index is 1.48. The number of aromatic amines is 1. The van der Waals surface area contributed by atoms with Gasteiger partial charge in [0.2, 0.25) is 0 Å². The van der Waals surface area contributed by atoms with Crippen LogP contribution in [-0.2, 0) is 11.3 Å². The second-order valence-corrected chi connectivity index (χ2v) is 13.9. The summed E-state index contributed by atoms with van der Waals surface area (Å²) < 4.78 is 0. The number of carbonyl (C=O) groups is 2. The van der Waals surface area contributed by atoms with E-state index >= 15 is 0 Å². The maximum Gasteiger partial charge on any atom is 0.275 e. The van der Waals surface area contributed by atoms with Crippen molar-refractivity contribution in [1.82, 2.24) is 30.8 Å². The summed E-state index contributed by atoms with van der Waals surface area (Å²) >= 11 is 12.8. The standard InChI is InChI=1S/C33H41Cl2N7O2/c1-5-6-7-8-27(21-9-11-22(12-10-21)30(43)36-20-28-38-40-41-39-28)42-31(44)29(23-17-25(34)19-26(35)18-23)37-33(42)15-13-24(14-16-33)32(2,3)4/h9-12,17-19,24,27H,5-8,13-16,20H2,1-4H3,(H,36,43)(H,38,39,40,41). The van der Waals surface area contributed by atoms with E-state index in [2.05, 4.69) is 58.5 Å². The highest BCUT2D eigenvalue weighted by atomic mass is 35.5. The summed E-state index contributed by atoms with van der Waals surface area (Å²) in [6.45, 7) is 9.23. The lowest BCUT2D eigenvalue weighted by molar-refractivity contribution is -0.133. The molecule has 3 aromatic rings. The number of tetrazole rings is 1. The van der Waals surface area contributed by atoms with Crippen molar-refractivity contribution in [3.05, 3.63) is 75.0 Å². The van der Waals surface area contributed by atoms with Gasteiger partial charge in [0.05, 0.1) is 12.6 Å². The molecule has 1 aliphatic carbocycles. The van der Waals surface area contributed by atoms with Gasteiger partial charge in [-0.25, -0.2) is 0 Å². The molecule has 0 saturated heterocycles. The monoisotopic (exact) mass is 637 g/mol. The molecule has 2 amide bonds. The maximum absolute atomic E-state index is 14.5. The third kappa shape index (κ3) is 6.99. The molecule has 0 bridgehead atoms. The van der Waals surface area contributed by atoms with Crippen molar-refractivity contribution in [2.45, 2.75) is 97.3 Å². The van der Waals surface area contributed by atoms with Gasteiger partial charge in [0.1, 0.15) is 11.4 Å². The highest BCUT2D eigenvalue weighted by Gasteiger charge is 2.52. The number of hydrogen-bond donors (Lipinski definition) is 2. The zero-order valence-electron chi connectivity index (χ0n) is 25.9. The number of aromatic nitrogens is 4. The molecule has 2 aliphatic rings. The van der Waals surface area contributed by atoms with E-state index in [-0.39, 0.29) is 29.8 Å². The smallest absolute Gasteiger partial charge is 0.275 e. The Morgan fingerprint density at radius 2 is 1.77 bits per heavy atom. The average Bonchev–Trinajstić information content (AvgIpc) is 3.60. The Morgan fingerprint density at radius 3 is 2.36 bits per heavy atom. The summed E-state index contributed by atoms with van der Waals surface area (Å²) in [5, 5.41) is 17.4. The summed E-state index contributed by atoms with van der Waals surface area (Å²) in [6, 6.07) is 12.6. The van der Waals surface area contributed by atoms with E-state index in [0.29, 0.717) is 38.6 Å². The summed E-state index contributed by atoms with van der Waals surface area (Å²) in [7, 11) is 0. The van der Waals surface area contributed by atoms with Gasteiger partial charge < -0.3 is 10.2 Å². The Labute approximate surface area is 269 Å². The van der Waals surface area contributed by atoms with Crippen LogP contribution in [0.15, 0.2) is 47.5 Å². The lowest BCUT2D eigenvalue weighted by Crippen LogP contribution is -2.51. The van der Waals surface area contributed by atoms with Gasteiger partial charge in [0.25, 0.3) is 11.8 Å². The molecule has 1 aliphatic heterocycles. The van der Waals surface area contributed by atoms with Crippen molar-refractivity contribution in [1.29, 1.82) is 0 Å². The fraction of sp³-hybridized carbons (Fsp3) is 0.515. The minimum atomic E-state index is -0.652. The minimum Gasteiger partial charge on any atom is -0.345 e. The molecular formula is C33H41Cl2N7O2. The average molecular weight is 639 g/mol. The predicted molar refractivity (Wildman–Crippen MR) is 173 cm³/mol. The molecule has 2 aromatic carbocycles. The second kappa shape index (κ2) is 13.4. The second-order valence-electron chi connectivity index (χ2n) is 13.1. The number of carbonyl (C=O) groups excluding carboxylic acids is 2. The van der Waals surface area contributed by atoms with Crippen LogP contribution >= 0.6 is 23.2 Å². The van der Waals surface area contributed by atoms with Gasteiger partial charge >= 0.3 is 0 Å². The van der Waals surface area contributed by atoms with E-state index in [1.165, 1.54) is 0 Å². The fourth-order valence-corrected chi connectivity index (χ4v) is 7.16. The van der Waals surface area contributed by atoms with Crippen molar-refractivity contribution >= 4 is 40.7 Å². The molecule has 2 heterocycles. The minimum absolute atomic E-state index is 0.0963. The predicted octanol–water partition coefficient (Wildman–Crippen LogP) is 7.32. The van der Waals surface area contributed by atoms with E-state index in [1.54, 1.807) is 18.2 Å². The van der Waals surface area contributed by atoms with Crippen LogP contribution < -0.4 is 5.32 Å². The molecule has 5 rings (SSSR count). The molecule has 1 aromatic heterocycles. The van der Waals surface area contributed by atoms with Crippen LogP contribution in [0.5, 0.6) is 0 Å². The highest BCUT2D eigenvalue weighted by molar-refractivity contribution is 6.47. The quantitative estimate of drug-likeness (QED) is 0.226. The van der Waals surface area contributed by atoms with Crippen LogP contribution in [0.1, 0.15) is 112 Å². The molecule has 1 spiro atoms. The van der Waals surface area contributed by atoms with E-state index < -0.39 is 5.66 Å². The fourth-order valence-electron chi connectivity index (χ4n) is 6.63. The van der Waals surface area contributed by atoms with Gasteiger partial charge in [-0.1, -0.05) is 87.5 Å². The van der Waals surface area contributed by atoms with Crippen LogP contribution in [0.3, 0.4) is 0 Å². The molecular weight excluding hydrogens is 597 g/mol. The normalized spacial score (nSPS) is 21.0. The lowest BCUT2D eigenvalue weighted by atomic mass is 9.69. The van der Waals surface area contributed by atoms with Gasteiger partial charge in [-0.15, -0.1) is 10.2 Å². The number of H-pyrrole nitrogens is 1. The topological polar surface area (TPSA) is 116 Å².